The van der Waals surface area contributed by atoms with Gasteiger partial charge in [0.2, 0.25) is 0 Å². The normalized spacial score (nSPS) is 13.7. The number of aliphatic hydroxyl groups is 1. The molecule has 3 N–H and O–H groups in total. The second-order valence-electron chi connectivity index (χ2n) is 9.14. The van der Waals surface area contributed by atoms with Gasteiger partial charge in [-0.25, -0.2) is 9.78 Å². The first kappa shape index (κ1) is 25.2. The smallest absolute Gasteiger partial charge is 0.325 e. The molecule has 0 radical (unpaired) electrons. The summed E-state index contributed by atoms with van der Waals surface area (Å²) in [7, 11) is 3.53. The van der Waals surface area contributed by atoms with Gasteiger partial charge in [-0.3, -0.25) is 14.3 Å². The van der Waals surface area contributed by atoms with Crippen molar-refractivity contribution in [2.45, 2.75) is 6.10 Å². The molecule has 4 aromatic rings. The Labute approximate surface area is 220 Å². The van der Waals surface area contributed by atoms with E-state index in [4.69, 9.17) is 9.84 Å². The molecule has 3 heterocycles. The number of anilines is 3. The van der Waals surface area contributed by atoms with E-state index in [-0.39, 0.29) is 24.6 Å². The predicted molar refractivity (Wildman–Crippen MR) is 146 cm³/mol. The largest absolute Gasteiger partial charge is 0.488 e. The third-order valence-electron chi connectivity index (χ3n) is 6.63. The molecule has 1 fully saturated rings. The molecule has 10 heteroatoms. The van der Waals surface area contributed by atoms with E-state index in [2.05, 4.69) is 20.5 Å². The summed E-state index contributed by atoms with van der Waals surface area (Å²) in [5, 5.41) is 15.4. The fraction of sp³-hybridized carbons (Fsp3) is 0.250. The number of likely N-dealkylation sites (tertiary alicyclic amines) is 1. The molecule has 2 aromatic carbocycles. The van der Waals surface area contributed by atoms with Gasteiger partial charge in [-0.2, -0.15) is 0 Å². The number of fused-ring (bicyclic) bond motifs is 1. The summed E-state index contributed by atoms with van der Waals surface area (Å²) in [6.07, 6.45) is 3.49. The number of rotatable bonds is 8. The van der Waals surface area contributed by atoms with E-state index in [1.54, 1.807) is 48.3 Å². The summed E-state index contributed by atoms with van der Waals surface area (Å²) in [4.78, 5) is 33.3. The highest BCUT2D eigenvalue weighted by molar-refractivity contribution is 6.04. The maximum atomic E-state index is 12.8. The molecule has 0 atom stereocenters. The van der Waals surface area contributed by atoms with E-state index in [0.717, 1.165) is 35.4 Å². The minimum absolute atomic E-state index is 0.0987. The molecule has 38 heavy (non-hydrogen) atoms. The van der Waals surface area contributed by atoms with Gasteiger partial charge in [0.05, 0.1) is 12.1 Å². The van der Waals surface area contributed by atoms with Gasteiger partial charge >= 0.3 is 6.03 Å². The standard InChI is InChI=1S/C28H30N6O4/c1-29-28(37)34-12-10-20-15-21(5-8-25(20)34)32(2)22-9-11-30-26(16-22)31-27(36)19-3-6-23(7-4-19)38-24-17-33(18-24)13-14-35/h3-12,15-16,24,35H,13-14,17-18H2,1-2H3,(H,29,37)(H,30,31,36). The van der Waals surface area contributed by atoms with Crippen molar-refractivity contribution >= 4 is 40.0 Å². The van der Waals surface area contributed by atoms with E-state index < -0.39 is 0 Å². The number of β-amino-alcohol motifs (C(OH)–C–C–N with tert-alkyl or cyclic N) is 1. The van der Waals surface area contributed by atoms with Crippen LogP contribution in [0.15, 0.2) is 73.1 Å². The maximum Gasteiger partial charge on any atom is 0.325 e. The van der Waals surface area contributed by atoms with Crippen LogP contribution in [0.1, 0.15) is 10.4 Å². The van der Waals surface area contributed by atoms with Crippen LogP contribution in [0.25, 0.3) is 10.9 Å². The van der Waals surface area contributed by atoms with Gasteiger partial charge in [-0.15, -0.1) is 0 Å². The SMILES string of the molecule is CNC(=O)n1ccc2cc(N(C)c3ccnc(NC(=O)c4ccc(OC5CN(CCO)C5)cc4)c3)ccc21. The summed E-state index contributed by atoms with van der Waals surface area (Å²) in [6.45, 7) is 2.38. The summed E-state index contributed by atoms with van der Waals surface area (Å²) in [5.41, 5.74) is 3.09. The van der Waals surface area contributed by atoms with E-state index in [1.165, 1.54) is 0 Å². The zero-order valence-electron chi connectivity index (χ0n) is 21.3. The van der Waals surface area contributed by atoms with Gasteiger partial charge in [-0.05, 0) is 54.6 Å². The summed E-state index contributed by atoms with van der Waals surface area (Å²) in [5.74, 6) is 0.878. The second kappa shape index (κ2) is 10.9. The molecular weight excluding hydrogens is 484 g/mol. The van der Waals surface area contributed by atoms with Crippen molar-refractivity contribution in [2.75, 3.05) is 50.6 Å². The fourth-order valence-corrected chi connectivity index (χ4v) is 4.47. The van der Waals surface area contributed by atoms with E-state index in [9.17, 15) is 9.59 Å². The van der Waals surface area contributed by atoms with Crippen LogP contribution >= 0.6 is 0 Å². The highest BCUT2D eigenvalue weighted by Gasteiger charge is 2.27. The molecule has 0 bridgehead atoms. The van der Waals surface area contributed by atoms with Gasteiger partial charge in [0.25, 0.3) is 5.91 Å². The van der Waals surface area contributed by atoms with Crippen LogP contribution in [0.3, 0.4) is 0 Å². The highest BCUT2D eigenvalue weighted by atomic mass is 16.5. The Morgan fingerprint density at radius 3 is 2.58 bits per heavy atom. The van der Waals surface area contributed by atoms with Crippen LogP contribution in [0.4, 0.5) is 22.0 Å². The van der Waals surface area contributed by atoms with Gasteiger partial charge in [0.15, 0.2) is 0 Å². The van der Waals surface area contributed by atoms with Crippen molar-refractivity contribution < 1.29 is 19.4 Å². The molecule has 2 aromatic heterocycles. The molecule has 0 saturated carbocycles. The molecule has 1 aliphatic heterocycles. The number of amides is 2. The summed E-state index contributed by atoms with van der Waals surface area (Å²) >= 11 is 0. The lowest BCUT2D eigenvalue weighted by molar-refractivity contribution is 0.0107. The number of nitrogens with zero attached hydrogens (tertiary/aromatic N) is 4. The minimum Gasteiger partial charge on any atom is -0.488 e. The van der Waals surface area contributed by atoms with Crippen LogP contribution in [0, 0.1) is 0 Å². The van der Waals surface area contributed by atoms with Gasteiger partial charge < -0.3 is 25.4 Å². The zero-order valence-corrected chi connectivity index (χ0v) is 21.3. The Morgan fingerprint density at radius 1 is 1.08 bits per heavy atom. The Hall–Kier alpha value is -4.41. The zero-order chi connectivity index (χ0) is 26.6. The van der Waals surface area contributed by atoms with Crippen molar-refractivity contribution in [3.8, 4) is 5.75 Å². The third-order valence-corrected chi connectivity index (χ3v) is 6.63. The van der Waals surface area contributed by atoms with E-state index >= 15 is 0 Å². The average Bonchev–Trinajstić information content (AvgIpc) is 3.35. The topological polar surface area (TPSA) is 112 Å². The molecule has 0 unspecified atom stereocenters. The molecule has 0 spiro atoms. The van der Waals surface area contributed by atoms with E-state index in [1.807, 2.05) is 48.3 Å². The van der Waals surface area contributed by atoms with Crippen LogP contribution in [0.2, 0.25) is 0 Å². The number of benzene rings is 2. The Balaban J connectivity index is 1.23. The number of aliphatic hydroxyl groups excluding tert-OH is 1. The predicted octanol–water partition coefficient (Wildman–Crippen LogP) is 3.30. The first-order chi connectivity index (χ1) is 18.4. The molecular formula is C28H30N6O4. The lowest BCUT2D eigenvalue weighted by Crippen LogP contribution is -2.54. The summed E-state index contributed by atoms with van der Waals surface area (Å²) in [6, 6.07) is 18.3. The van der Waals surface area contributed by atoms with Crippen LogP contribution in [0.5, 0.6) is 5.75 Å². The Bertz CT molecular complexity index is 1450. The number of pyridine rings is 1. The lowest BCUT2D eigenvalue weighted by atomic mass is 10.1. The van der Waals surface area contributed by atoms with Crippen molar-refractivity contribution in [3.05, 3.63) is 78.6 Å². The lowest BCUT2D eigenvalue weighted by Gasteiger charge is -2.38. The highest BCUT2D eigenvalue weighted by Crippen LogP contribution is 2.29. The maximum absolute atomic E-state index is 12.8. The number of carbonyl (C=O) groups excluding carboxylic acids is 2. The van der Waals surface area contributed by atoms with Gasteiger partial charge in [-0.1, -0.05) is 0 Å². The van der Waals surface area contributed by atoms with Crippen LogP contribution in [-0.4, -0.2) is 77.9 Å². The quantitative estimate of drug-likeness (QED) is 0.331. The molecule has 196 valence electrons. The van der Waals surface area contributed by atoms with Crippen LogP contribution in [-0.2, 0) is 0 Å². The van der Waals surface area contributed by atoms with Crippen molar-refractivity contribution in [1.29, 1.82) is 0 Å². The van der Waals surface area contributed by atoms with Crippen molar-refractivity contribution in [3.63, 3.8) is 0 Å². The second-order valence-corrected chi connectivity index (χ2v) is 9.14. The first-order valence-corrected chi connectivity index (χ1v) is 12.4. The molecule has 5 rings (SSSR count). The monoisotopic (exact) mass is 514 g/mol. The fourth-order valence-electron chi connectivity index (χ4n) is 4.47. The molecule has 1 aliphatic rings. The van der Waals surface area contributed by atoms with Gasteiger partial charge in [0, 0.05) is 74.5 Å². The van der Waals surface area contributed by atoms with Gasteiger partial charge in [0.1, 0.15) is 17.7 Å². The minimum atomic E-state index is -0.265. The molecule has 10 nitrogen and oxygen atoms in total. The summed E-state index contributed by atoms with van der Waals surface area (Å²) < 4.78 is 7.48. The van der Waals surface area contributed by atoms with E-state index in [0.29, 0.717) is 23.7 Å². The first-order valence-electron chi connectivity index (χ1n) is 12.4. The number of ether oxygens (including phenoxy) is 1. The molecule has 1 saturated heterocycles. The van der Waals surface area contributed by atoms with Crippen molar-refractivity contribution in [2.24, 2.45) is 0 Å². The molecule has 0 aliphatic carbocycles. The number of hydrogen-bond acceptors (Lipinski definition) is 7. The Kier molecular flexibility index (Phi) is 7.25. The Morgan fingerprint density at radius 2 is 1.84 bits per heavy atom. The van der Waals surface area contributed by atoms with Crippen LogP contribution < -0.4 is 20.3 Å². The average molecular weight is 515 g/mol. The number of carbonyl (C=O) groups is 2. The number of aromatic nitrogens is 2. The number of hydrogen-bond donors (Lipinski definition) is 3. The van der Waals surface area contributed by atoms with Crippen molar-refractivity contribution in [1.82, 2.24) is 19.8 Å². The number of nitrogens with one attached hydrogen (secondary N) is 2. The third kappa shape index (κ3) is 5.31. The molecule has 2 amide bonds.